The number of rotatable bonds is 6. The largest absolute Gasteiger partial charge is 0.353 e. The molecule has 3 aromatic heterocycles. The number of alkyl halides is 2. The second kappa shape index (κ2) is 6.73. The minimum Gasteiger partial charge on any atom is -0.353 e. The zero-order valence-corrected chi connectivity index (χ0v) is 14.3. The molecule has 3 aromatic rings. The number of anilines is 1. The van der Waals surface area contributed by atoms with Crippen molar-refractivity contribution in [2.24, 2.45) is 0 Å². The van der Waals surface area contributed by atoms with Crippen molar-refractivity contribution >= 4 is 22.8 Å². The average Bonchev–Trinajstić information content (AvgIpc) is 3.33. The summed E-state index contributed by atoms with van der Waals surface area (Å²) in [5.74, 6) is -2.16. The molecule has 4 rings (SSSR count). The number of pyridine rings is 1. The maximum atomic E-state index is 14.2. The molecule has 7 nitrogen and oxygen atoms in total. The number of halogens is 4. The number of carbonyl (C=O) groups excluding carboxylic acids is 1. The molecule has 0 spiro atoms. The lowest BCUT2D eigenvalue weighted by molar-refractivity contribution is -0.123. The van der Waals surface area contributed by atoms with Gasteiger partial charge in [0.2, 0.25) is 5.91 Å². The van der Waals surface area contributed by atoms with Crippen molar-refractivity contribution in [1.82, 2.24) is 25.3 Å². The van der Waals surface area contributed by atoms with Crippen molar-refractivity contribution in [1.29, 1.82) is 0 Å². The highest BCUT2D eigenvalue weighted by Crippen LogP contribution is 2.39. The van der Waals surface area contributed by atoms with Crippen LogP contribution < -0.4 is 10.6 Å². The number of hydrogen-bond acceptors (Lipinski definition) is 5. The summed E-state index contributed by atoms with van der Waals surface area (Å²) in [6.07, 6.45) is 1.50. The van der Waals surface area contributed by atoms with Crippen molar-refractivity contribution < 1.29 is 26.6 Å². The quantitative estimate of drug-likeness (QED) is 0.552. The zero-order valence-electron chi connectivity index (χ0n) is 14.3. The fourth-order valence-corrected chi connectivity index (χ4v) is 2.85. The minimum absolute atomic E-state index is 0. The highest BCUT2D eigenvalue weighted by molar-refractivity contribution is 5.93. The molecular formula is C17H20F4N6O. The van der Waals surface area contributed by atoms with Crippen LogP contribution in [0.5, 0.6) is 0 Å². The minimum atomic E-state index is -2.68. The van der Waals surface area contributed by atoms with E-state index in [0.717, 1.165) is 12.4 Å². The molecule has 1 saturated carbocycles. The van der Waals surface area contributed by atoms with E-state index in [-0.39, 0.29) is 15.9 Å². The summed E-state index contributed by atoms with van der Waals surface area (Å²) in [7, 11) is 0. The standard InChI is InChI=1S/C17H14F4N6O.3H2/c18-8-3-9-10(5-23-13(9)22-4-8)14-24-6-11(19)15(26-14)27-17(1-2-17)16(28)25-7-12(20)21;;;/h3-6,12H,1-2,7H2,(H,22,23)(H,25,28)(H,24,26,27);3*1H. The second-order valence-corrected chi connectivity index (χ2v) is 6.45. The van der Waals surface area contributed by atoms with Crippen LogP contribution in [0.1, 0.15) is 17.1 Å². The maximum absolute atomic E-state index is 14.2. The smallest absolute Gasteiger partial charge is 0.255 e. The van der Waals surface area contributed by atoms with Crippen molar-refractivity contribution in [3.63, 3.8) is 0 Å². The van der Waals surface area contributed by atoms with Gasteiger partial charge in [0.1, 0.15) is 17.0 Å². The molecule has 152 valence electrons. The third-order valence-electron chi connectivity index (χ3n) is 4.44. The number of nitrogens with zero attached hydrogens (tertiary/aromatic N) is 3. The van der Waals surface area contributed by atoms with Crippen molar-refractivity contribution in [3.8, 4) is 11.4 Å². The number of amides is 1. The molecule has 11 heteroatoms. The van der Waals surface area contributed by atoms with Gasteiger partial charge in [0.25, 0.3) is 6.43 Å². The van der Waals surface area contributed by atoms with Crippen molar-refractivity contribution in [2.45, 2.75) is 24.8 Å². The van der Waals surface area contributed by atoms with E-state index in [2.05, 4.69) is 30.6 Å². The summed E-state index contributed by atoms with van der Waals surface area (Å²) in [6, 6.07) is 1.24. The van der Waals surface area contributed by atoms with E-state index in [1.807, 2.05) is 0 Å². The highest BCUT2D eigenvalue weighted by Gasteiger charge is 2.50. The predicted octanol–water partition coefficient (Wildman–Crippen LogP) is 3.36. The second-order valence-electron chi connectivity index (χ2n) is 6.45. The first-order chi connectivity index (χ1) is 13.4. The number of fused-ring (bicyclic) bond motifs is 1. The Hall–Kier alpha value is -3.24. The molecule has 0 atom stereocenters. The summed E-state index contributed by atoms with van der Waals surface area (Å²) in [4.78, 5) is 26.9. The number of nitrogens with one attached hydrogen (secondary N) is 3. The van der Waals surface area contributed by atoms with Gasteiger partial charge in [-0.2, -0.15) is 0 Å². The summed E-state index contributed by atoms with van der Waals surface area (Å²) >= 11 is 0. The number of aromatic nitrogens is 4. The van der Waals surface area contributed by atoms with Gasteiger partial charge in [-0.1, -0.05) is 0 Å². The Morgan fingerprint density at radius 2 is 2.07 bits per heavy atom. The summed E-state index contributed by atoms with van der Waals surface area (Å²) in [5, 5.41) is 5.24. The van der Waals surface area contributed by atoms with Gasteiger partial charge in [-0.05, 0) is 18.9 Å². The number of H-pyrrole nitrogens is 1. The van der Waals surface area contributed by atoms with E-state index >= 15 is 0 Å². The molecule has 0 aliphatic heterocycles. The van der Waals surface area contributed by atoms with Crippen LogP contribution >= 0.6 is 0 Å². The Morgan fingerprint density at radius 1 is 1.29 bits per heavy atom. The monoisotopic (exact) mass is 400 g/mol. The topological polar surface area (TPSA) is 95.6 Å². The van der Waals surface area contributed by atoms with Gasteiger partial charge < -0.3 is 15.6 Å². The molecule has 0 bridgehead atoms. The van der Waals surface area contributed by atoms with E-state index in [9.17, 15) is 22.4 Å². The van der Waals surface area contributed by atoms with E-state index < -0.39 is 36.1 Å². The molecule has 0 unspecified atom stereocenters. The summed E-state index contributed by atoms with van der Waals surface area (Å²) in [5.41, 5.74) is -0.379. The lowest BCUT2D eigenvalue weighted by Crippen LogP contribution is -2.43. The van der Waals surface area contributed by atoms with Crippen LogP contribution in [0.3, 0.4) is 0 Å². The fraction of sp³-hybridized carbons (Fsp3) is 0.294. The van der Waals surface area contributed by atoms with Gasteiger partial charge in [-0.15, -0.1) is 0 Å². The fourth-order valence-electron chi connectivity index (χ4n) is 2.85. The van der Waals surface area contributed by atoms with Gasteiger partial charge in [-0.3, -0.25) is 4.79 Å². The molecule has 28 heavy (non-hydrogen) atoms. The molecule has 1 fully saturated rings. The average molecular weight is 400 g/mol. The number of aromatic amines is 1. The molecular weight excluding hydrogens is 380 g/mol. The summed E-state index contributed by atoms with van der Waals surface area (Å²) < 4.78 is 52.3. The van der Waals surface area contributed by atoms with E-state index in [1.54, 1.807) is 0 Å². The first-order valence-electron chi connectivity index (χ1n) is 8.38. The maximum Gasteiger partial charge on any atom is 0.255 e. The third kappa shape index (κ3) is 3.35. The van der Waals surface area contributed by atoms with Crippen LogP contribution in [0.4, 0.5) is 23.4 Å². The molecule has 3 N–H and O–H groups in total. The van der Waals surface area contributed by atoms with E-state index in [4.69, 9.17) is 0 Å². The molecule has 0 aromatic carbocycles. The lowest BCUT2D eigenvalue weighted by Gasteiger charge is -2.18. The first-order valence-corrected chi connectivity index (χ1v) is 8.38. The highest BCUT2D eigenvalue weighted by atomic mass is 19.3. The summed E-state index contributed by atoms with van der Waals surface area (Å²) in [6.45, 7) is -0.784. The lowest BCUT2D eigenvalue weighted by atomic mass is 10.2. The predicted molar refractivity (Wildman–Crippen MR) is 98.0 cm³/mol. The first kappa shape index (κ1) is 18.1. The Labute approximate surface area is 160 Å². The molecule has 1 aliphatic carbocycles. The molecule has 1 aliphatic rings. The van der Waals surface area contributed by atoms with Gasteiger partial charge in [0.05, 0.1) is 18.9 Å². The SMILES string of the molecule is O=C(NCC(F)F)C1(Nc2nc(-c3c[nH]c4ncc(F)cc34)ncc2F)CC1.[HH].[HH].[HH]. The molecule has 0 saturated heterocycles. The van der Waals surface area contributed by atoms with Crippen LogP contribution in [0, 0.1) is 11.6 Å². The van der Waals surface area contributed by atoms with Crippen molar-refractivity contribution in [2.75, 3.05) is 11.9 Å². The van der Waals surface area contributed by atoms with Crippen molar-refractivity contribution in [3.05, 3.63) is 36.3 Å². The Bertz CT molecular complexity index is 1060. The molecule has 1 amide bonds. The van der Waals surface area contributed by atoms with Crippen LogP contribution in [-0.4, -0.2) is 44.4 Å². The zero-order chi connectivity index (χ0) is 19.9. The van der Waals surface area contributed by atoms with Crippen LogP contribution in [-0.2, 0) is 4.79 Å². The van der Waals surface area contributed by atoms with Gasteiger partial charge in [0, 0.05) is 21.4 Å². The van der Waals surface area contributed by atoms with Gasteiger partial charge in [-0.25, -0.2) is 32.5 Å². The van der Waals surface area contributed by atoms with E-state index in [0.29, 0.717) is 29.4 Å². The molecule has 3 heterocycles. The van der Waals surface area contributed by atoms with Crippen LogP contribution in [0.2, 0.25) is 0 Å². The Morgan fingerprint density at radius 3 is 2.79 bits per heavy atom. The molecule has 0 radical (unpaired) electrons. The van der Waals surface area contributed by atoms with E-state index in [1.165, 1.54) is 12.3 Å². The van der Waals surface area contributed by atoms with Crippen LogP contribution in [0.25, 0.3) is 22.4 Å². The van der Waals surface area contributed by atoms with Gasteiger partial charge in [0.15, 0.2) is 17.5 Å². The van der Waals surface area contributed by atoms with Gasteiger partial charge >= 0.3 is 0 Å². The third-order valence-corrected chi connectivity index (χ3v) is 4.44. The van der Waals surface area contributed by atoms with Crippen LogP contribution in [0.15, 0.2) is 24.7 Å². The Balaban J connectivity index is 0.00000160. The number of carbonyl (C=O) groups is 1. The number of hydrogen-bond donors (Lipinski definition) is 3. The normalized spacial score (nSPS) is 15.0. The Kier molecular flexibility index (Phi) is 4.36.